The number of hydrogen-bond donors (Lipinski definition) is 2. The van der Waals surface area contributed by atoms with Crippen LogP contribution in [-0.4, -0.2) is 12.3 Å². The van der Waals surface area contributed by atoms with Crippen molar-refractivity contribution >= 4 is 11.8 Å². The molecule has 4 N–H and O–H groups in total. The molecular formula is C16H20N2S. The van der Waals surface area contributed by atoms with Crippen molar-refractivity contribution in [1.29, 1.82) is 0 Å². The number of hydrogen-bond acceptors (Lipinski definition) is 3. The molecule has 0 amide bonds. The Morgan fingerprint density at radius 3 is 1.95 bits per heavy atom. The Morgan fingerprint density at radius 1 is 0.947 bits per heavy atom. The van der Waals surface area contributed by atoms with Crippen LogP contribution in [0.5, 0.6) is 0 Å². The van der Waals surface area contributed by atoms with Crippen LogP contribution in [0, 0.1) is 0 Å². The molecule has 0 aromatic heterocycles. The summed E-state index contributed by atoms with van der Waals surface area (Å²) < 4.78 is 0. The van der Waals surface area contributed by atoms with E-state index < -0.39 is 0 Å². The third kappa shape index (κ3) is 3.60. The molecule has 0 radical (unpaired) electrons. The van der Waals surface area contributed by atoms with Crippen molar-refractivity contribution in [2.75, 3.05) is 12.3 Å². The molecule has 0 aliphatic rings. The van der Waals surface area contributed by atoms with Gasteiger partial charge in [0.25, 0.3) is 0 Å². The second-order valence-electron chi connectivity index (χ2n) is 4.42. The fourth-order valence-electron chi connectivity index (χ4n) is 1.97. The molecule has 0 aliphatic heterocycles. The molecule has 100 valence electrons. The highest BCUT2D eigenvalue weighted by atomic mass is 32.2. The van der Waals surface area contributed by atoms with Crippen molar-refractivity contribution in [3.05, 3.63) is 54.1 Å². The fraction of sp³-hybridized carbons (Fsp3) is 0.250. The van der Waals surface area contributed by atoms with Crippen LogP contribution < -0.4 is 11.5 Å². The number of rotatable bonds is 5. The number of nitrogens with two attached hydrogens (primary N) is 2. The lowest BCUT2D eigenvalue weighted by Gasteiger charge is -2.10. The predicted octanol–water partition coefficient (Wildman–Crippen LogP) is 3.42. The molecular weight excluding hydrogens is 252 g/mol. The van der Waals surface area contributed by atoms with Gasteiger partial charge in [0, 0.05) is 17.5 Å². The van der Waals surface area contributed by atoms with Crippen LogP contribution in [0.4, 0.5) is 0 Å². The van der Waals surface area contributed by atoms with Gasteiger partial charge in [0.15, 0.2) is 0 Å². The molecule has 0 fully saturated rings. The van der Waals surface area contributed by atoms with Crippen LogP contribution in [0.1, 0.15) is 18.5 Å². The summed E-state index contributed by atoms with van der Waals surface area (Å²) in [6.07, 6.45) is 0. The first-order valence-corrected chi connectivity index (χ1v) is 7.52. The molecule has 2 nitrogen and oxygen atoms in total. The number of thioether (sulfide) groups is 1. The van der Waals surface area contributed by atoms with Gasteiger partial charge in [-0.05, 0) is 34.6 Å². The second kappa shape index (κ2) is 6.75. The highest BCUT2D eigenvalue weighted by Gasteiger charge is 2.04. The van der Waals surface area contributed by atoms with Gasteiger partial charge in [-0.15, -0.1) is 11.8 Å². The van der Waals surface area contributed by atoms with E-state index in [1.165, 1.54) is 16.0 Å². The lowest BCUT2D eigenvalue weighted by Crippen LogP contribution is -2.20. The van der Waals surface area contributed by atoms with Crippen LogP contribution in [0.3, 0.4) is 0 Å². The lowest BCUT2D eigenvalue weighted by atomic mass is 10.0. The van der Waals surface area contributed by atoms with E-state index in [0.29, 0.717) is 6.54 Å². The van der Waals surface area contributed by atoms with Crippen molar-refractivity contribution in [3.8, 4) is 11.1 Å². The van der Waals surface area contributed by atoms with Crippen LogP contribution in [0.25, 0.3) is 11.1 Å². The predicted molar refractivity (Wildman–Crippen MR) is 84.3 cm³/mol. The largest absolute Gasteiger partial charge is 0.329 e. The molecule has 2 aromatic rings. The minimum atomic E-state index is -0.0719. The second-order valence-corrected chi connectivity index (χ2v) is 5.76. The topological polar surface area (TPSA) is 52.0 Å². The quantitative estimate of drug-likeness (QED) is 0.820. The van der Waals surface area contributed by atoms with Crippen molar-refractivity contribution in [2.45, 2.75) is 17.9 Å². The van der Waals surface area contributed by atoms with Crippen LogP contribution in [0.15, 0.2) is 53.4 Å². The summed E-state index contributed by atoms with van der Waals surface area (Å²) in [5.41, 5.74) is 15.0. The van der Waals surface area contributed by atoms with E-state index >= 15 is 0 Å². The molecule has 0 saturated carbocycles. The molecule has 0 aliphatic carbocycles. The summed E-state index contributed by atoms with van der Waals surface area (Å²) >= 11 is 1.86. The van der Waals surface area contributed by atoms with E-state index in [0.717, 1.165) is 11.3 Å². The highest BCUT2D eigenvalue weighted by molar-refractivity contribution is 7.99. The fourth-order valence-corrected chi connectivity index (χ4v) is 2.63. The maximum absolute atomic E-state index is 5.91. The third-order valence-electron chi connectivity index (χ3n) is 3.09. The zero-order chi connectivity index (χ0) is 13.7. The lowest BCUT2D eigenvalue weighted by molar-refractivity contribution is 0.737. The van der Waals surface area contributed by atoms with Gasteiger partial charge < -0.3 is 11.5 Å². The molecule has 19 heavy (non-hydrogen) atoms. The molecule has 0 bridgehead atoms. The molecule has 0 spiro atoms. The Morgan fingerprint density at radius 2 is 1.47 bits per heavy atom. The third-order valence-corrected chi connectivity index (χ3v) is 3.99. The Kier molecular flexibility index (Phi) is 5.02. The SMILES string of the molecule is CCSc1ccc(-c2ccc(C(N)CN)cc2)cc1. The van der Waals surface area contributed by atoms with Gasteiger partial charge in [-0.25, -0.2) is 0 Å². The summed E-state index contributed by atoms with van der Waals surface area (Å²) in [6, 6.07) is 16.9. The molecule has 2 rings (SSSR count). The van der Waals surface area contributed by atoms with E-state index in [1.807, 2.05) is 11.8 Å². The minimum Gasteiger partial charge on any atom is -0.329 e. The molecule has 1 unspecified atom stereocenters. The molecule has 0 saturated heterocycles. The van der Waals surface area contributed by atoms with E-state index in [2.05, 4.69) is 55.5 Å². The van der Waals surface area contributed by atoms with E-state index in [1.54, 1.807) is 0 Å². The average Bonchev–Trinajstić information content (AvgIpc) is 2.48. The average molecular weight is 272 g/mol. The molecule has 2 aromatic carbocycles. The van der Waals surface area contributed by atoms with Gasteiger partial charge in [0.1, 0.15) is 0 Å². The van der Waals surface area contributed by atoms with E-state index in [4.69, 9.17) is 11.5 Å². The summed E-state index contributed by atoms with van der Waals surface area (Å²) in [4.78, 5) is 1.31. The minimum absolute atomic E-state index is 0.0719. The molecule has 0 heterocycles. The van der Waals surface area contributed by atoms with Crippen LogP contribution >= 0.6 is 11.8 Å². The van der Waals surface area contributed by atoms with Gasteiger partial charge in [0.2, 0.25) is 0 Å². The van der Waals surface area contributed by atoms with Crippen molar-refractivity contribution in [1.82, 2.24) is 0 Å². The Bertz CT molecular complexity index is 505. The Labute approximate surface area is 119 Å². The van der Waals surface area contributed by atoms with Gasteiger partial charge >= 0.3 is 0 Å². The Hall–Kier alpha value is -1.29. The van der Waals surface area contributed by atoms with Crippen LogP contribution in [0.2, 0.25) is 0 Å². The monoisotopic (exact) mass is 272 g/mol. The molecule has 1 atom stereocenters. The standard InChI is InChI=1S/C16H20N2S/c1-2-19-15-9-7-13(8-10-15)12-3-5-14(6-4-12)16(18)11-17/h3-10,16H,2,11,17-18H2,1H3. The molecule has 3 heteroatoms. The van der Waals surface area contributed by atoms with Crippen molar-refractivity contribution < 1.29 is 0 Å². The van der Waals surface area contributed by atoms with Gasteiger partial charge in [0.05, 0.1) is 0 Å². The Balaban J connectivity index is 2.17. The summed E-state index contributed by atoms with van der Waals surface area (Å²) in [5, 5.41) is 0. The van der Waals surface area contributed by atoms with Gasteiger partial charge in [-0.3, -0.25) is 0 Å². The summed E-state index contributed by atoms with van der Waals surface area (Å²) in [7, 11) is 0. The normalized spacial score (nSPS) is 12.4. The van der Waals surface area contributed by atoms with Crippen molar-refractivity contribution in [3.63, 3.8) is 0 Å². The van der Waals surface area contributed by atoms with Gasteiger partial charge in [-0.1, -0.05) is 43.3 Å². The first-order valence-electron chi connectivity index (χ1n) is 6.53. The first kappa shape index (κ1) is 14.1. The zero-order valence-corrected chi connectivity index (χ0v) is 12.0. The summed E-state index contributed by atoms with van der Waals surface area (Å²) in [5.74, 6) is 1.10. The maximum atomic E-state index is 5.91. The first-order chi connectivity index (χ1) is 9.24. The summed E-state index contributed by atoms with van der Waals surface area (Å²) in [6.45, 7) is 2.64. The zero-order valence-electron chi connectivity index (χ0n) is 11.2. The van der Waals surface area contributed by atoms with E-state index in [9.17, 15) is 0 Å². The van der Waals surface area contributed by atoms with Crippen molar-refractivity contribution in [2.24, 2.45) is 11.5 Å². The smallest absolute Gasteiger partial charge is 0.0419 e. The van der Waals surface area contributed by atoms with E-state index in [-0.39, 0.29) is 6.04 Å². The number of benzene rings is 2. The maximum Gasteiger partial charge on any atom is 0.0419 e. The van der Waals surface area contributed by atoms with Crippen LogP contribution in [-0.2, 0) is 0 Å². The van der Waals surface area contributed by atoms with Gasteiger partial charge in [-0.2, -0.15) is 0 Å². The highest BCUT2D eigenvalue weighted by Crippen LogP contribution is 2.25.